The number of nitrogen functional groups attached to an aromatic ring is 1. The molecule has 2 rings (SSSR count). The van der Waals surface area contributed by atoms with Crippen molar-refractivity contribution in [2.24, 2.45) is 0 Å². The fraction of sp³-hybridized carbons (Fsp3) is 0.538. The molecule has 1 aromatic carbocycles. The summed E-state index contributed by atoms with van der Waals surface area (Å²) in [7, 11) is -3.61. The van der Waals surface area contributed by atoms with Crippen molar-refractivity contribution in [3.63, 3.8) is 0 Å². The molecule has 1 aliphatic carbocycles. The van der Waals surface area contributed by atoms with Gasteiger partial charge in [-0.25, -0.2) is 13.1 Å². The molecule has 0 aliphatic heterocycles. The van der Waals surface area contributed by atoms with E-state index >= 15 is 0 Å². The van der Waals surface area contributed by atoms with Crippen molar-refractivity contribution in [1.82, 2.24) is 4.72 Å². The van der Waals surface area contributed by atoms with E-state index in [0.717, 1.165) is 19.3 Å². The lowest BCUT2D eigenvalue weighted by atomic mass is 9.85. The van der Waals surface area contributed by atoms with E-state index in [-0.39, 0.29) is 11.4 Å². The molecule has 19 heavy (non-hydrogen) atoms. The van der Waals surface area contributed by atoms with Crippen LogP contribution in [-0.2, 0) is 10.0 Å². The summed E-state index contributed by atoms with van der Waals surface area (Å²) in [6, 6.07) is 6.13. The van der Waals surface area contributed by atoms with E-state index in [1.807, 2.05) is 0 Å². The SMILES string of the molecule is Nc1cccc(S(=O)(=O)NCC2(O)CCCCC2)c1. The van der Waals surface area contributed by atoms with E-state index in [1.165, 1.54) is 12.1 Å². The molecule has 4 N–H and O–H groups in total. The number of rotatable bonds is 4. The van der Waals surface area contributed by atoms with Gasteiger partial charge in [0, 0.05) is 12.2 Å². The van der Waals surface area contributed by atoms with Crippen molar-refractivity contribution in [3.8, 4) is 0 Å². The Morgan fingerprint density at radius 3 is 2.58 bits per heavy atom. The Labute approximate surface area is 113 Å². The predicted molar refractivity (Wildman–Crippen MR) is 74.1 cm³/mol. The topological polar surface area (TPSA) is 92.4 Å². The molecule has 0 heterocycles. The molecule has 0 amide bonds. The third-order valence-electron chi connectivity index (χ3n) is 3.54. The van der Waals surface area contributed by atoms with E-state index < -0.39 is 15.6 Å². The smallest absolute Gasteiger partial charge is 0.240 e. The quantitative estimate of drug-likeness (QED) is 0.725. The van der Waals surface area contributed by atoms with Gasteiger partial charge in [-0.1, -0.05) is 25.3 Å². The number of aliphatic hydroxyl groups is 1. The van der Waals surface area contributed by atoms with E-state index in [1.54, 1.807) is 12.1 Å². The number of benzene rings is 1. The van der Waals surface area contributed by atoms with Gasteiger partial charge in [0.2, 0.25) is 10.0 Å². The van der Waals surface area contributed by atoms with Crippen molar-refractivity contribution < 1.29 is 13.5 Å². The Hall–Kier alpha value is -1.11. The highest BCUT2D eigenvalue weighted by atomic mass is 32.2. The summed E-state index contributed by atoms with van der Waals surface area (Å²) in [5.74, 6) is 0. The lowest BCUT2D eigenvalue weighted by Gasteiger charge is -2.32. The molecule has 0 radical (unpaired) electrons. The summed E-state index contributed by atoms with van der Waals surface area (Å²) < 4.78 is 26.7. The van der Waals surface area contributed by atoms with Crippen LogP contribution in [0.3, 0.4) is 0 Å². The average Bonchev–Trinajstić information content (AvgIpc) is 2.38. The first-order valence-corrected chi connectivity index (χ1v) is 7.97. The second-order valence-electron chi connectivity index (χ2n) is 5.18. The van der Waals surface area contributed by atoms with Crippen LogP contribution in [0.4, 0.5) is 5.69 Å². The zero-order valence-corrected chi connectivity index (χ0v) is 11.6. The fourth-order valence-corrected chi connectivity index (χ4v) is 3.56. The van der Waals surface area contributed by atoms with Crippen LogP contribution < -0.4 is 10.5 Å². The highest BCUT2D eigenvalue weighted by Crippen LogP contribution is 2.27. The molecule has 0 spiro atoms. The fourth-order valence-electron chi connectivity index (χ4n) is 2.38. The van der Waals surface area contributed by atoms with E-state index in [2.05, 4.69) is 4.72 Å². The van der Waals surface area contributed by atoms with Crippen LogP contribution in [0.15, 0.2) is 29.2 Å². The number of sulfonamides is 1. The van der Waals surface area contributed by atoms with Gasteiger partial charge in [0.05, 0.1) is 10.5 Å². The van der Waals surface area contributed by atoms with Crippen molar-refractivity contribution in [2.75, 3.05) is 12.3 Å². The summed E-state index contributed by atoms with van der Waals surface area (Å²) in [5.41, 5.74) is 5.07. The van der Waals surface area contributed by atoms with Crippen LogP contribution in [0, 0.1) is 0 Å². The van der Waals surface area contributed by atoms with Gasteiger partial charge < -0.3 is 10.8 Å². The summed E-state index contributed by atoms with van der Waals surface area (Å²) in [4.78, 5) is 0.131. The van der Waals surface area contributed by atoms with E-state index in [0.29, 0.717) is 18.5 Å². The van der Waals surface area contributed by atoms with Crippen LogP contribution in [0.25, 0.3) is 0 Å². The number of hydrogen-bond acceptors (Lipinski definition) is 4. The molecule has 1 aromatic rings. The molecule has 0 unspecified atom stereocenters. The summed E-state index contributed by atoms with van der Waals surface area (Å²) >= 11 is 0. The zero-order chi connectivity index (χ0) is 13.9. The molecule has 6 heteroatoms. The lowest BCUT2D eigenvalue weighted by Crippen LogP contribution is -2.44. The van der Waals surface area contributed by atoms with Crippen LogP contribution in [0.2, 0.25) is 0 Å². The summed E-state index contributed by atoms with van der Waals surface area (Å²) in [6.45, 7) is 0.0597. The normalized spacial score (nSPS) is 19.2. The standard InChI is InChI=1S/C13H20N2O3S/c14-11-5-4-6-12(9-11)19(17,18)15-10-13(16)7-2-1-3-8-13/h4-6,9,15-16H,1-3,7-8,10,14H2. The van der Waals surface area contributed by atoms with Gasteiger partial charge in [-0.2, -0.15) is 0 Å². The second kappa shape index (κ2) is 5.48. The second-order valence-corrected chi connectivity index (χ2v) is 6.95. The maximum atomic E-state index is 12.1. The Morgan fingerprint density at radius 1 is 1.26 bits per heavy atom. The van der Waals surface area contributed by atoms with Gasteiger partial charge >= 0.3 is 0 Å². The molecule has 1 fully saturated rings. The van der Waals surface area contributed by atoms with Crippen molar-refractivity contribution in [3.05, 3.63) is 24.3 Å². The number of nitrogens with one attached hydrogen (secondary N) is 1. The number of hydrogen-bond donors (Lipinski definition) is 3. The molecular formula is C13H20N2O3S. The number of anilines is 1. The van der Waals surface area contributed by atoms with Gasteiger partial charge in [0.1, 0.15) is 0 Å². The highest BCUT2D eigenvalue weighted by Gasteiger charge is 2.30. The van der Waals surface area contributed by atoms with Crippen molar-refractivity contribution in [1.29, 1.82) is 0 Å². The largest absolute Gasteiger partial charge is 0.399 e. The Kier molecular flexibility index (Phi) is 4.13. The third-order valence-corrected chi connectivity index (χ3v) is 4.94. The summed E-state index contributed by atoms with van der Waals surface area (Å²) in [6.07, 6.45) is 4.27. The molecule has 1 aliphatic rings. The maximum absolute atomic E-state index is 12.1. The average molecular weight is 284 g/mol. The first kappa shape index (κ1) is 14.3. The van der Waals surface area contributed by atoms with Crippen LogP contribution in [0.5, 0.6) is 0 Å². The monoisotopic (exact) mass is 284 g/mol. The van der Waals surface area contributed by atoms with E-state index in [9.17, 15) is 13.5 Å². The molecule has 0 atom stereocenters. The van der Waals surface area contributed by atoms with Gasteiger partial charge in [-0.05, 0) is 31.0 Å². The number of nitrogens with two attached hydrogens (primary N) is 1. The van der Waals surface area contributed by atoms with Crippen LogP contribution in [0.1, 0.15) is 32.1 Å². The highest BCUT2D eigenvalue weighted by molar-refractivity contribution is 7.89. The van der Waals surface area contributed by atoms with Gasteiger partial charge in [0.25, 0.3) is 0 Å². The lowest BCUT2D eigenvalue weighted by molar-refractivity contribution is 0.00946. The Bertz CT molecular complexity index is 537. The van der Waals surface area contributed by atoms with Gasteiger partial charge in [-0.3, -0.25) is 0 Å². The maximum Gasteiger partial charge on any atom is 0.240 e. The molecule has 0 bridgehead atoms. The van der Waals surface area contributed by atoms with Crippen LogP contribution >= 0.6 is 0 Å². The minimum Gasteiger partial charge on any atom is -0.399 e. The molecule has 0 aromatic heterocycles. The zero-order valence-electron chi connectivity index (χ0n) is 10.8. The Morgan fingerprint density at radius 2 is 1.95 bits per heavy atom. The first-order chi connectivity index (χ1) is 8.91. The predicted octanol–water partition coefficient (Wildman–Crippen LogP) is 1.24. The molecular weight excluding hydrogens is 264 g/mol. The first-order valence-electron chi connectivity index (χ1n) is 6.49. The summed E-state index contributed by atoms with van der Waals surface area (Å²) in [5, 5.41) is 10.3. The van der Waals surface area contributed by atoms with Crippen molar-refractivity contribution in [2.45, 2.75) is 42.6 Å². The molecule has 0 saturated heterocycles. The van der Waals surface area contributed by atoms with Gasteiger partial charge in [-0.15, -0.1) is 0 Å². The van der Waals surface area contributed by atoms with Crippen LogP contribution in [-0.4, -0.2) is 25.7 Å². The van der Waals surface area contributed by atoms with Gasteiger partial charge in [0.15, 0.2) is 0 Å². The minimum absolute atomic E-state index is 0.0597. The minimum atomic E-state index is -3.61. The molecule has 5 nitrogen and oxygen atoms in total. The molecule has 1 saturated carbocycles. The van der Waals surface area contributed by atoms with Crippen molar-refractivity contribution >= 4 is 15.7 Å². The third kappa shape index (κ3) is 3.68. The van der Waals surface area contributed by atoms with E-state index in [4.69, 9.17) is 5.73 Å². The Balaban J connectivity index is 2.05. The molecule has 106 valence electrons.